The Morgan fingerprint density at radius 2 is 1.65 bits per heavy atom. The highest BCUT2D eigenvalue weighted by Crippen LogP contribution is 2.12. The standard InChI is InChI=1S/C21H26N2O3/c1-3-17-9-11-19(12-10-17)22-21(25)23(16-14-20(24)26-2)15-13-18-7-5-4-6-8-18/h4-12H,3,13-16H2,1-2H3,(H,22,25). The van der Waals surface area contributed by atoms with Crippen molar-refractivity contribution in [3.05, 3.63) is 65.7 Å². The molecule has 26 heavy (non-hydrogen) atoms. The molecule has 0 radical (unpaired) electrons. The highest BCUT2D eigenvalue weighted by Gasteiger charge is 2.15. The first-order chi connectivity index (χ1) is 12.6. The fraction of sp³-hybridized carbons (Fsp3) is 0.333. The fourth-order valence-corrected chi connectivity index (χ4v) is 2.58. The van der Waals surface area contributed by atoms with Crippen LogP contribution in [0, 0.1) is 0 Å². The van der Waals surface area contributed by atoms with Gasteiger partial charge in [-0.3, -0.25) is 4.79 Å². The van der Waals surface area contributed by atoms with Crippen LogP contribution in [0.3, 0.4) is 0 Å². The first-order valence-electron chi connectivity index (χ1n) is 8.88. The van der Waals surface area contributed by atoms with Crippen LogP contribution in [0.1, 0.15) is 24.5 Å². The van der Waals surface area contributed by atoms with Crippen LogP contribution >= 0.6 is 0 Å². The summed E-state index contributed by atoms with van der Waals surface area (Å²) in [6.45, 7) is 2.93. The lowest BCUT2D eigenvalue weighted by atomic mass is 10.1. The molecule has 0 aliphatic carbocycles. The third-order valence-corrected chi connectivity index (χ3v) is 4.23. The van der Waals surface area contributed by atoms with Gasteiger partial charge in [-0.1, -0.05) is 49.4 Å². The fourth-order valence-electron chi connectivity index (χ4n) is 2.58. The monoisotopic (exact) mass is 354 g/mol. The highest BCUT2D eigenvalue weighted by atomic mass is 16.5. The number of urea groups is 1. The van der Waals surface area contributed by atoms with Crippen molar-refractivity contribution in [3.8, 4) is 0 Å². The van der Waals surface area contributed by atoms with Crippen molar-refractivity contribution >= 4 is 17.7 Å². The molecule has 5 nitrogen and oxygen atoms in total. The lowest BCUT2D eigenvalue weighted by Gasteiger charge is -2.23. The minimum atomic E-state index is -0.324. The molecule has 0 unspecified atom stereocenters. The Morgan fingerprint density at radius 3 is 2.27 bits per heavy atom. The zero-order valence-corrected chi connectivity index (χ0v) is 15.4. The number of benzene rings is 2. The second-order valence-corrected chi connectivity index (χ2v) is 6.03. The molecular weight excluding hydrogens is 328 g/mol. The number of rotatable bonds is 8. The summed E-state index contributed by atoms with van der Waals surface area (Å²) in [6, 6.07) is 17.5. The zero-order valence-electron chi connectivity index (χ0n) is 15.4. The minimum Gasteiger partial charge on any atom is -0.469 e. The first-order valence-corrected chi connectivity index (χ1v) is 8.88. The maximum absolute atomic E-state index is 12.7. The minimum absolute atomic E-state index is 0.174. The van der Waals surface area contributed by atoms with E-state index in [1.165, 1.54) is 12.7 Å². The van der Waals surface area contributed by atoms with Gasteiger partial charge in [0, 0.05) is 18.8 Å². The van der Waals surface area contributed by atoms with Crippen LogP contribution in [0.25, 0.3) is 0 Å². The molecule has 2 amide bonds. The Bertz CT molecular complexity index is 699. The second kappa shape index (κ2) is 10.2. The number of nitrogens with zero attached hydrogens (tertiary/aromatic N) is 1. The molecule has 0 atom stereocenters. The van der Waals surface area contributed by atoms with E-state index in [-0.39, 0.29) is 18.4 Å². The van der Waals surface area contributed by atoms with Gasteiger partial charge in [-0.15, -0.1) is 0 Å². The predicted molar refractivity (Wildman–Crippen MR) is 103 cm³/mol. The van der Waals surface area contributed by atoms with E-state index in [2.05, 4.69) is 17.0 Å². The molecule has 0 aromatic heterocycles. The van der Waals surface area contributed by atoms with Crippen molar-refractivity contribution in [2.75, 3.05) is 25.5 Å². The molecule has 1 N–H and O–H groups in total. The summed E-state index contributed by atoms with van der Waals surface area (Å²) in [4.78, 5) is 25.8. The van der Waals surface area contributed by atoms with Crippen molar-refractivity contribution in [1.82, 2.24) is 4.90 Å². The van der Waals surface area contributed by atoms with Gasteiger partial charge in [0.05, 0.1) is 13.5 Å². The van der Waals surface area contributed by atoms with Crippen LogP contribution in [0.5, 0.6) is 0 Å². The number of carbonyl (C=O) groups is 2. The molecule has 0 aliphatic heterocycles. The zero-order chi connectivity index (χ0) is 18.8. The maximum atomic E-state index is 12.7. The van der Waals surface area contributed by atoms with E-state index in [1.54, 1.807) is 4.90 Å². The quantitative estimate of drug-likeness (QED) is 0.732. The van der Waals surface area contributed by atoms with Crippen molar-refractivity contribution in [3.63, 3.8) is 0 Å². The van der Waals surface area contributed by atoms with Gasteiger partial charge in [0.25, 0.3) is 0 Å². The Kier molecular flexibility index (Phi) is 7.68. The average Bonchev–Trinajstić information content (AvgIpc) is 2.69. The Labute approximate surface area is 155 Å². The number of hydrogen-bond acceptors (Lipinski definition) is 3. The topological polar surface area (TPSA) is 58.6 Å². The normalized spacial score (nSPS) is 10.2. The van der Waals surface area contributed by atoms with Crippen LogP contribution in [0.2, 0.25) is 0 Å². The van der Waals surface area contributed by atoms with Gasteiger partial charge < -0.3 is 15.0 Å². The summed E-state index contributed by atoms with van der Waals surface area (Å²) in [6.07, 6.45) is 1.86. The molecule has 0 saturated heterocycles. The molecule has 0 spiro atoms. The van der Waals surface area contributed by atoms with Crippen molar-refractivity contribution < 1.29 is 14.3 Å². The number of nitrogens with one attached hydrogen (secondary N) is 1. The molecule has 0 heterocycles. The second-order valence-electron chi connectivity index (χ2n) is 6.03. The molecule has 0 fully saturated rings. The number of hydrogen-bond donors (Lipinski definition) is 1. The van der Waals surface area contributed by atoms with E-state index < -0.39 is 0 Å². The third-order valence-electron chi connectivity index (χ3n) is 4.23. The summed E-state index contributed by atoms with van der Waals surface area (Å²) < 4.78 is 4.69. The number of carbonyl (C=O) groups excluding carboxylic acids is 2. The van der Waals surface area contributed by atoms with E-state index in [1.807, 2.05) is 54.6 Å². The molecule has 2 aromatic rings. The molecule has 2 rings (SSSR count). The SMILES string of the molecule is CCc1ccc(NC(=O)N(CCC(=O)OC)CCc2ccccc2)cc1. The Balaban J connectivity index is 1.99. The number of esters is 1. The molecule has 2 aromatic carbocycles. The largest absolute Gasteiger partial charge is 0.469 e. The van der Waals surface area contributed by atoms with Gasteiger partial charge >= 0.3 is 12.0 Å². The van der Waals surface area contributed by atoms with Crippen LogP contribution in [-0.4, -0.2) is 37.1 Å². The third kappa shape index (κ3) is 6.24. The molecule has 5 heteroatoms. The number of anilines is 1. The van der Waals surface area contributed by atoms with E-state index in [0.29, 0.717) is 13.1 Å². The molecule has 138 valence electrons. The van der Waals surface area contributed by atoms with Crippen LogP contribution < -0.4 is 5.32 Å². The smallest absolute Gasteiger partial charge is 0.321 e. The van der Waals surface area contributed by atoms with Gasteiger partial charge in [-0.2, -0.15) is 0 Å². The van der Waals surface area contributed by atoms with E-state index >= 15 is 0 Å². The van der Waals surface area contributed by atoms with Gasteiger partial charge in [0.15, 0.2) is 0 Å². The molecular formula is C21H26N2O3. The predicted octanol–water partition coefficient (Wildman–Crippen LogP) is 3.89. The van der Waals surface area contributed by atoms with Gasteiger partial charge in [0.2, 0.25) is 0 Å². The van der Waals surface area contributed by atoms with Crippen LogP contribution in [-0.2, 0) is 22.4 Å². The summed E-state index contributed by atoms with van der Waals surface area (Å²) in [7, 11) is 1.35. The van der Waals surface area contributed by atoms with Gasteiger partial charge in [0.1, 0.15) is 0 Å². The average molecular weight is 354 g/mol. The summed E-state index contributed by atoms with van der Waals surface area (Å²) in [5, 5.41) is 2.91. The Hall–Kier alpha value is -2.82. The Morgan fingerprint density at radius 1 is 0.962 bits per heavy atom. The highest BCUT2D eigenvalue weighted by molar-refractivity contribution is 5.89. The number of ether oxygens (including phenoxy) is 1. The summed E-state index contributed by atoms with van der Waals surface area (Å²) in [5.41, 5.74) is 3.11. The number of amides is 2. The van der Waals surface area contributed by atoms with Crippen molar-refractivity contribution in [2.45, 2.75) is 26.2 Å². The lowest BCUT2D eigenvalue weighted by Crippen LogP contribution is -2.38. The number of methoxy groups -OCH3 is 1. The molecule has 0 bridgehead atoms. The van der Waals surface area contributed by atoms with Gasteiger partial charge in [-0.05, 0) is 36.1 Å². The summed E-state index contributed by atoms with van der Waals surface area (Å²) >= 11 is 0. The van der Waals surface area contributed by atoms with E-state index in [9.17, 15) is 9.59 Å². The van der Waals surface area contributed by atoms with Crippen molar-refractivity contribution in [2.24, 2.45) is 0 Å². The first kappa shape index (κ1) is 19.5. The van der Waals surface area contributed by atoms with Gasteiger partial charge in [-0.25, -0.2) is 4.79 Å². The van der Waals surface area contributed by atoms with Crippen LogP contribution in [0.4, 0.5) is 10.5 Å². The summed E-state index contributed by atoms with van der Waals surface area (Å²) in [5.74, 6) is -0.324. The molecule has 0 aliphatic rings. The van der Waals surface area contributed by atoms with Crippen LogP contribution in [0.15, 0.2) is 54.6 Å². The van der Waals surface area contributed by atoms with E-state index in [0.717, 1.165) is 24.1 Å². The maximum Gasteiger partial charge on any atom is 0.321 e. The lowest BCUT2D eigenvalue weighted by molar-refractivity contribution is -0.140. The number of aryl methyl sites for hydroxylation is 1. The van der Waals surface area contributed by atoms with Crippen molar-refractivity contribution in [1.29, 1.82) is 0 Å². The van der Waals surface area contributed by atoms with E-state index in [4.69, 9.17) is 0 Å². The molecule has 0 saturated carbocycles.